The number of likely N-dealkylation sites (tertiary alicyclic amines) is 1. The van der Waals surface area contributed by atoms with E-state index in [4.69, 9.17) is 14.2 Å². The van der Waals surface area contributed by atoms with Gasteiger partial charge in [-0.15, -0.1) is 0 Å². The van der Waals surface area contributed by atoms with Gasteiger partial charge in [-0.1, -0.05) is 42.5 Å². The molecular formula is C24H29NO4. The van der Waals surface area contributed by atoms with E-state index in [2.05, 4.69) is 18.2 Å². The zero-order chi connectivity index (χ0) is 20.4. The van der Waals surface area contributed by atoms with Gasteiger partial charge in [-0.3, -0.25) is 0 Å². The van der Waals surface area contributed by atoms with Gasteiger partial charge in [-0.25, -0.2) is 4.79 Å². The fourth-order valence-corrected chi connectivity index (χ4v) is 3.98. The molecule has 154 valence electrons. The van der Waals surface area contributed by atoms with Crippen molar-refractivity contribution < 1.29 is 19.0 Å². The van der Waals surface area contributed by atoms with Crippen molar-refractivity contribution in [3.63, 3.8) is 0 Å². The molecule has 1 amide bonds. The molecule has 2 aliphatic heterocycles. The fraction of sp³-hybridized carbons (Fsp3) is 0.458. The number of hydrogen-bond acceptors (Lipinski definition) is 4. The highest BCUT2D eigenvalue weighted by Gasteiger charge is 2.31. The van der Waals surface area contributed by atoms with E-state index in [1.54, 1.807) is 4.90 Å². The average molecular weight is 395 g/mol. The number of ether oxygens (including phenoxy) is 3. The van der Waals surface area contributed by atoms with Crippen LogP contribution in [0.3, 0.4) is 0 Å². The Labute approximate surface area is 172 Å². The molecule has 0 saturated carbocycles. The van der Waals surface area contributed by atoms with Crippen LogP contribution in [0, 0.1) is 0 Å². The molecular weight excluding hydrogens is 366 g/mol. The second-order valence-electron chi connectivity index (χ2n) is 8.74. The molecule has 0 bridgehead atoms. The van der Waals surface area contributed by atoms with Crippen LogP contribution in [0.2, 0.25) is 0 Å². The van der Waals surface area contributed by atoms with Gasteiger partial charge < -0.3 is 19.1 Å². The van der Waals surface area contributed by atoms with E-state index < -0.39 is 5.60 Å². The van der Waals surface area contributed by atoms with Crippen LogP contribution < -0.4 is 9.47 Å². The molecule has 2 aromatic rings. The van der Waals surface area contributed by atoms with Crippen molar-refractivity contribution in [2.45, 2.75) is 51.2 Å². The Morgan fingerprint density at radius 2 is 1.76 bits per heavy atom. The second kappa shape index (κ2) is 7.97. The zero-order valence-electron chi connectivity index (χ0n) is 17.4. The van der Waals surface area contributed by atoms with Gasteiger partial charge in [0.2, 0.25) is 0 Å². The van der Waals surface area contributed by atoms with E-state index in [0.29, 0.717) is 25.6 Å². The first-order valence-electron chi connectivity index (χ1n) is 10.4. The zero-order valence-corrected chi connectivity index (χ0v) is 17.4. The molecule has 2 aromatic carbocycles. The number of piperidine rings is 1. The number of rotatable bonds is 2. The number of carbonyl (C=O) groups is 1. The van der Waals surface area contributed by atoms with Crippen molar-refractivity contribution in [3.8, 4) is 11.5 Å². The quantitative estimate of drug-likeness (QED) is 0.691. The number of benzene rings is 2. The lowest BCUT2D eigenvalue weighted by Gasteiger charge is -2.35. The van der Waals surface area contributed by atoms with Gasteiger partial charge in [0.25, 0.3) is 0 Å². The summed E-state index contributed by atoms with van der Waals surface area (Å²) in [5.41, 5.74) is 1.83. The predicted octanol–water partition coefficient (Wildman–Crippen LogP) is 5.31. The van der Waals surface area contributed by atoms with Gasteiger partial charge in [0.05, 0.1) is 0 Å². The average Bonchev–Trinajstić information content (AvgIpc) is 2.72. The summed E-state index contributed by atoms with van der Waals surface area (Å²) >= 11 is 0. The maximum absolute atomic E-state index is 12.3. The standard InChI is InChI=1S/C24H29NO4/c1-24(2,3)29-23(26)25-14-12-17(13-15-25)19-10-7-11-20-22(19)27-16-21(28-20)18-8-5-4-6-9-18/h4-11,17,21H,12-16H2,1-3H3. The highest BCUT2D eigenvalue weighted by molar-refractivity contribution is 5.68. The van der Waals surface area contributed by atoms with Crippen LogP contribution in [0.15, 0.2) is 48.5 Å². The van der Waals surface area contributed by atoms with Gasteiger partial charge in [0, 0.05) is 18.7 Å². The lowest BCUT2D eigenvalue weighted by molar-refractivity contribution is 0.0203. The summed E-state index contributed by atoms with van der Waals surface area (Å²) in [4.78, 5) is 14.1. The normalized spacial score (nSPS) is 19.7. The highest BCUT2D eigenvalue weighted by atomic mass is 16.6. The molecule has 0 N–H and O–H groups in total. The Kier molecular flexibility index (Phi) is 5.39. The highest BCUT2D eigenvalue weighted by Crippen LogP contribution is 2.44. The Balaban J connectivity index is 1.43. The van der Waals surface area contributed by atoms with E-state index >= 15 is 0 Å². The van der Waals surface area contributed by atoms with E-state index in [1.807, 2.05) is 51.1 Å². The lowest BCUT2D eigenvalue weighted by Crippen LogP contribution is -2.41. The monoisotopic (exact) mass is 395 g/mol. The molecule has 1 atom stereocenters. The summed E-state index contributed by atoms with van der Waals surface area (Å²) in [5.74, 6) is 2.01. The van der Waals surface area contributed by atoms with Crippen molar-refractivity contribution in [2.24, 2.45) is 0 Å². The smallest absolute Gasteiger partial charge is 0.410 e. The third-order valence-electron chi connectivity index (χ3n) is 5.42. The molecule has 5 heteroatoms. The van der Waals surface area contributed by atoms with E-state index in [-0.39, 0.29) is 12.2 Å². The second-order valence-corrected chi connectivity index (χ2v) is 8.74. The number of fused-ring (bicyclic) bond motifs is 1. The fourth-order valence-electron chi connectivity index (χ4n) is 3.98. The largest absolute Gasteiger partial charge is 0.485 e. The molecule has 0 spiro atoms. The number of para-hydroxylation sites is 1. The molecule has 4 rings (SSSR count). The van der Waals surface area contributed by atoms with Gasteiger partial charge in [0.1, 0.15) is 12.2 Å². The van der Waals surface area contributed by atoms with E-state index in [0.717, 1.165) is 29.9 Å². The minimum absolute atomic E-state index is 0.0898. The third kappa shape index (κ3) is 4.50. The van der Waals surface area contributed by atoms with Crippen molar-refractivity contribution >= 4 is 6.09 Å². The van der Waals surface area contributed by atoms with Crippen LogP contribution in [0.4, 0.5) is 4.79 Å². The van der Waals surface area contributed by atoms with Crippen LogP contribution in [0.1, 0.15) is 56.8 Å². The predicted molar refractivity (Wildman–Crippen MR) is 112 cm³/mol. The Morgan fingerprint density at radius 1 is 1.03 bits per heavy atom. The van der Waals surface area contributed by atoms with Crippen LogP contribution >= 0.6 is 0 Å². The number of nitrogens with zero attached hydrogens (tertiary/aromatic N) is 1. The Morgan fingerprint density at radius 3 is 2.45 bits per heavy atom. The van der Waals surface area contributed by atoms with Crippen LogP contribution in [0.5, 0.6) is 11.5 Å². The number of carbonyl (C=O) groups excluding carboxylic acids is 1. The molecule has 2 aliphatic rings. The minimum atomic E-state index is -0.465. The van der Waals surface area contributed by atoms with Gasteiger partial charge in [-0.2, -0.15) is 0 Å². The third-order valence-corrected chi connectivity index (χ3v) is 5.42. The van der Waals surface area contributed by atoms with Crippen molar-refractivity contribution in [3.05, 3.63) is 59.7 Å². The van der Waals surface area contributed by atoms with Crippen molar-refractivity contribution in [2.75, 3.05) is 19.7 Å². The Bertz CT molecular complexity index is 851. The summed E-state index contributed by atoms with van der Waals surface area (Å²) in [6, 6.07) is 16.3. The van der Waals surface area contributed by atoms with Crippen molar-refractivity contribution in [1.82, 2.24) is 4.90 Å². The molecule has 0 aliphatic carbocycles. The summed E-state index contributed by atoms with van der Waals surface area (Å²) in [5, 5.41) is 0. The summed E-state index contributed by atoms with van der Waals surface area (Å²) < 4.78 is 17.9. The Hall–Kier alpha value is -2.69. The molecule has 29 heavy (non-hydrogen) atoms. The number of hydrogen-bond donors (Lipinski definition) is 0. The first-order valence-corrected chi connectivity index (χ1v) is 10.4. The summed E-state index contributed by atoms with van der Waals surface area (Å²) in [6.07, 6.45) is 1.46. The van der Waals surface area contributed by atoms with E-state index in [1.165, 1.54) is 5.56 Å². The van der Waals surface area contributed by atoms with Crippen LogP contribution in [0.25, 0.3) is 0 Å². The molecule has 0 radical (unpaired) electrons. The molecule has 5 nitrogen and oxygen atoms in total. The SMILES string of the molecule is CC(C)(C)OC(=O)N1CCC(c2cccc3c2OCC(c2ccccc2)O3)CC1. The topological polar surface area (TPSA) is 48.0 Å². The van der Waals surface area contributed by atoms with E-state index in [9.17, 15) is 4.79 Å². The molecule has 1 unspecified atom stereocenters. The maximum atomic E-state index is 12.3. The van der Waals surface area contributed by atoms with Gasteiger partial charge >= 0.3 is 6.09 Å². The van der Waals surface area contributed by atoms with Crippen molar-refractivity contribution in [1.29, 1.82) is 0 Å². The molecule has 2 heterocycles. The maximum Gasteiger partial charge on any atom is 0.410 e. The molecule has 0 aromatic heterocycles. The molecule has 1 saturated heterocycles. The summed E-state index contributed by atoms with van der Waals surface area (Å²) in [6.45, 7) is 7.58. The summed E-state index contributed by atoms with van der Waals surface area (Å²) in [7, 11) is 0. The molecule has 1 fully saturated rings. The minimum Gasteiger partial charge on any atom is -0.485 e. The first kappa shape index (κ1) is 19.6. The van der Waals surface area contributed by atoms with Crippen LogP contribution in [-0.4, -0.2) is 36.3 Å². The first-order chi connectivity index (χ1) is 13.9. The van der Waals surface area contributed by atoms with Crippen LogP contribution in [-0.2, 0) is 4.74 Å². The van der Waals surface area contributed by atoms with Gasteiger partial charge in [-0.05, 0) is 51.2 Å². The number of amides is 1. The lowest BCUT2D eigenvalue weighted by atomic mass is 9.88. The van der Waals surface area contributed by atoms with Gasteiger partial charge in [0.15, 0.2) is 17.6 Å².